The van der Waals surface area contributed by atoms with Crippen molar-refractivity contribution in [2.75, 3.05) is 9.71 Å². The topological polar surface area (TPSA) is 19.6 Å². The summed E-state index contributed by atoms with van der Waals surface area (Å²) in [5, 5.41) is 2.28. The molecule has 6 aromatic carbocycles. The van der Waals surface area contributed by atoms with Gasteiger partial charge in [0.1, 0.15) is 11.2 Å². The number of hydrogen-bond acceptors (Lipinski definition) is 3. The minimum Gasteiger partial charge on any atom is -0.456 e. The van der Waals surface area contributed by atoms with Crippen molar-refractivity contribution in [1.82, 2.24) is 0 Å². The van der Waals surface area contributed by atoms with Crippen molar-refractivity contribution in [1.29, 1.82) is 0 Å². The summed E-state index contributed by atoms with van der Waals surface area (Å²) in [6.07, 6.45) is 0. The summed E-state index contributed by atoms with van der Waals surface area (Å²) in [5.41, 5.74) is 14.1. The van der Waals surface area contributed by atoms with Crippen LogP contribution in [-0.2, 0) is 0 Å². The van der Waals surface area contributed by atoms with E-state index in [4.69, 9.17) is 4.42 Å². The summed E-state index contributed by atoms with van der Waals surface area (Å²) in [6, 6.07) is 48.1. The molecule has 9 rings (SSSR count). The van der Waals surface area contributed by atoms with Gasteiger partial charge in [-0.05, 0) is 83.6 Å². The fourth-order valence-electron chi connectivity index (χ4n) is 7.00. The number of aryl methyl sites for hydroxylation is 1. The Hall–Kier alpha value is -5.22. The van der Waals surface area contributed by atoms with Gasteiger partial charge in [-0.1, -0.05) is 78.9 Å². The van der Waals surface area contributed by atoms with E-state index in [1.165, 1.54) is 50.4 Å². The Morgan fingerprint density at radius 3 is 2.07 bits per heavy atom. The molecule has 0 radical (unpaired) electrons. The van der Waals surface area contributed by atoms with Crippen LogP contribution in [-0.4, -0.2) is 6.85 Å². The molecule has 7 aromatic rings. The number of benzene rings is 6. The quantitative estimate of drug-likeness (QED) is 0.211. The molecule has 3 heterocycles. The first-order valence-electron chi connectivity index (χ1n) is 14.1. The van der Waals surface area contributed by atoms with Crippen molar-refractivity contribution in [3.05, 3.63) is 139 Å². The number of nitrogens with zero attached hydrogens (tertiary/aromatic N) is 2. The highest BCUT2D eigenvalue weighted by Crippen LogP contribution is 2.47. The zero-order chi connectivity index (χ0) is 27.1. The number of hydrogen-bond donors (Lipinski definition) is 0. The molecule has 3 nitrogen and oxygen atoms in total. The Balaban J connectivity index is 1.45. The average molecular weight is 524 g/mol. The van der Waals surface area contributed by atoms with Gasteiger partial charge in [-0.15, -0.1) is 0 Å². The van der Waals surface area contributed by atoms with E-state index in [2.05, 4.69) is 144 Å². The third-order valence-corrected chi connectivity index (χ3v) is 8.64. The van der Waals surface area contributed by atoms with Crippen LogP contribution in [0.4, 0.5) is 28.4 Å². The lowest BCUT2D eigenvalue weighted by atomic mass is 9.43. The maximum absolute atomic E-state index is 6.48. The zero-order valence-corrected chi connectivity index (χ0v) is 22.6. The lowest BCUT2D eigenvalue weighted by Gasteiger charge is -2.45. The van der Waals surface area contributed by atoms with Gasteiger partial charge >= 0.3 is 6.85 Å². The fraction of sp³-hybridized carbons (Fsp3) is 0.0270. The molecule has 0 bridgehead atoms. The monoisotopic (exact) mass is 524 g/mol. The molecule has 0 N–H and O–H groups in total. The molecule has 0 aliphatic carbocycles. The number of furan rings is 1. The van der Waals surface area contributed by atoms with Gasteiger partial charge in [0.15, 0.2) is 0 Å². The van der Waals surface area contributed by atoms with Crippen molar-refractivity contribution in [3.63, 3.8) is 0 Å². The van der Waals surface area contributed by atoms with Crippen molar-refractivity contribution >= 4 is 68.1 Å². The van der Waals surface area contributed by atoms with Gasteiger partial charge in [0, 0.05) is 44.8 Å². The molecule has 0 amide bonds. The fourth-order valence-corrected chi connectivity index (χ4v) is 7.00. The molecule has 0 saturated carbocycles. The first kappa shape index (κ1) is 22.6. The van der Waals surface area contributed by atoms with E-state index in [-0.39, 0.29) is 6.85 Å². The molecular weight excluding hydrogens is 499 g/mol. The van der Waals surface area contributed by atoms with Gasteiger partial charge in [0.25, 0.3) is 0 Å². The highest BCUT2D eigenvalue weighted by Gasteiger charge is 2.45. The average Bonchev–Trinajstić information content (AvgIpc) is 3.38. The van der Waals surface area contributed by atoms with E-state index in [1.807, 2.05) is 6.07 Å². The molecule has 2 aliphatic rings. The molecule has 4 heteroatoms. The Kier molecular flexibility index (Phi) is 4.62. The van der Waals surface area contributed by atoms with E-state index in [0.717, 1.165) is 27.6 Å². The minimum absolute atomic E-state index is 0.0227. The van der Waals surface area contributed by atoms with Gasteiger partial charge in [0.05, 0.1) is 0 Å². The van der Waals surface area contributed by atoms with Crippen LogP contribution in [0.2, 0.25) is 0 Å². The first-order valence-corrected chi connectivity index (χ1v) is 14.1. The maximum Gasteiger partial charge on any atom is 0.333 e. The Morgan fingerprint density at radius 2 is 1.24 bits per heavy atom. The second-order valence-corrected chi connectivity index (χ2v) is 11.0. The third kappa shape index (κ3) is 3.16. The summed E-state index contributed by atoms with van der Waals surface area (Å²) < 4.78 is 6.48. The second kappa shape index (κ2) is 8.39. The minimum atomic E-state index is -0.0227. The molecular formula is C37H25BN2O. The highest BCUT2D eigenvalue weighted by molar-refractivity contribution is 6.93. The Bertz CT molecular complexity index is 2130. The maximum atomic E-state index is 6.48. The largest absolute Gasteiger partial charge is 0.456 e. The van der Waals surface area contributed by atoms with E-state index < -0.39 is 0 Å². The first-order chi connectivity index (χ1) is 20.3. The number of anilines is 5. The Morgan fingerprint density at radius 1 is 0.537 bits per heavy atom. The van der Waals surface area contributed by atoms with Gasteiger partial charge in [-0.2, -0.15) is 0 Å². The molecule has 1 aromatic heterocycles. The molecule has 41 heavy (non-hydrogen) atoms. The number of rotatable bonds is 2. The molecule has 0 spiro atoms. The van der Waals surface area contributed by atoms with Crippen LogP contribution in [0.1, 0.15) is 5.56 Å². The summed E-state index contributed by atoms with van der Waals surface area (Å²) in [5.74, 6) is 0. The third-order valence-electron chi connectivity index (χ3n) is 8.64. The molecule has 0 saturated heterocycles. The predicted molar refractivity (Wildman–Crippen MR) is 172 cm³/mol. The van der Waals surface area contributed by atoms with Crippen LogP contribution in [0.25, 0.3) is 33.1 Å². The van der Waals surface area contributed by atoms with Crippen molar-refractivity contribution in [3.8, 4) is 11.1 Å². The predicted octanol–water partition coefficient (Wildman–Crippen LogP) is 8.60. The normalized spacial score (nSPS) is 13.3. The summed E-state index contributed by atoms with van der Waals surface area (Å²) >= 11 is 0. The second-order valence-electron chi connectivity index (χ2n) is 11.0. The summed E-state index contributed by atoms with van der Waals surface area (Å²) in [7, 11) is 0. The van der Waals surface area contributed by atoms with Gasteiger partial charge in [-0.25, -0.2) is 0 Å². The standard InChI is InChI=1S/C37H25BN2O/c1-24-20-30-27-16-8-10-18-32(27)40(26-14-6-3-7-15-26)38-31-23-36-29(28-17-9-11-19-35(28)41-36)22-33(31)39(34(21-24)37(30)38)25-12-4-2-5-13-25/h2-23H,1H3. The molecule has 2 aliphatic heterocycles. The molecule has 0 atom stereocenters. The SMILES string of the molecule is Cc1cc2c3c(c1)N(c1ccccc1)c1cc4c(cc1B3N(c1ccccc1)c1ccccc1-2)oc1ccccc14. The van der Waals surface area contributed by atoms with Crippen LogP contribution in [0.5, 0.6) is 0 Å². The van der Waals surface area contributed by atoms with Crippen molar-refractivity contribution in [2.45, 2.75) is 6.92 Å². The number of para-hydroxylation sites is 4. The van der Waals surface area contributed by atoms with E-state index in [9.17, 15) is 0 Å². The van der Waals surface area contributed by atoms with Gasteiger partial charge < -0.3 is 14.1 Å². The summed E-state index contributed by atoms with van der Waals surface area (Å²) in [4.78, 5) is 4.97. The van der Waals surface area contributed by atoms with E-state index in [1.54, 1.807) is 0 Å². The number of fused-ring (bicyclic) bond motifs is 7. The van der Waals surface area contributed by atoms with Crippen LogP contribution < -0.4 is 20.6 Å². The van der Waals surface area contributed by atoms with Gasteiger partial charge in [-0.3, -0.25) is 0 Å². The lowest BCUT2D eigenvalue weighted by Crippen LogP contribution is -2.61. The smallest absolute Gasteiger partial charge is 0.333 e. The Labute approximate surface area is 239 Å². The van der Waals surface area contributed by atoms with Crippen LogP contribution >= 0.6 is 0 Å². The van der Waals surface area contributed by atoms with E-state index >= 15 is 0 Å². The zero-order valence-electron chi connectivity index (χ0n) is 22.6. The summed E-state index contributed by atoms with van der Waals surface area (Å²) in [6.45, 7) is 2.19. The van der Waals surface area contributed by atoms with Crippen LogP contribution in [0.15, 0.2) is 138 Å². The van der Waals surface area contributed by atoms with Crippen LogP contribution in [0, 0.1) is 6.92 Å². The highest BCUT2D eigenvalue weighted by atomic mass is 16.3. The van der Waals surface area contributed by atoms with E-state index in [0.29, 0.717) is 0 Å². The van der Waals surface area contributed by atoms with Crippen molar-refractivity contribution < 1.29 is 4.42 Å². The molecule has 0 unspecified atom stereocenters. The molecule has 192 valence electrons. The molecule has 0 fully saturated rings. The van der Waals surface area contributed by atoms with Crippen LogP contribution in [0.3, 0.4) is 0 Å². The van der Waals surface area contributed by atoms with Crippen molar-refractivity contribution in [2.24, 2.45) is 0 Å². The van der Waals surface area contributed by atoms with Gasteiger partial charge in [0.2, 0.25) is 0 Å². The lowest BCUT2D eigenvalue weighted by molar-refractivity contribution is 0.669.